The van der Waals surface area contributed by atoms with Crippen LogP contribution in [0.25, 0.3) is 22.2 Å². The molecule has 1 fully saturated rings. The topological polar surface area (TPSA) is 97.7 Å². The van der Waals surface area contributed by atoms with Crippen LogP contribution in [0.4, 0.5) is 0 Å². The summed E-state index contributed by atoms with van der Waals surface area (Å²) in [6.07, 6.45) is 11.8. The van der Waals surface area contributed by atoms with E-state index in [0.717, 1.165) is 46.4 Å². The number of pyridine rings is 2. The summed E-state index contributed by atoms with van der Waals surface area (Å²) in [7, 11) is 0. The van der Waals surface area contributed by atoms with Gasteiger partial charge in [-0.3, -0.25) is 9.78 Å². The van der Waals surface area contributed by atoms with Gasteiger partial charge in [-0.25, -0.2) is 24.9 Å². The number of likely N-dealkylation sites (tertiary alicyclic amines) is 1. The second kappa shape index (κ2) is 8.14. The van der Waals surface area contributed by atoms with Crippen molar-refractivity contribution in [3.8, 4) is 11.1 Å². The Labute approximate surface area is 179 Å². The number of nitrogens with zero attached hydrogens (tertiary/aromatic N) is 7. The Bertz CT molecular complexity index is 1220. The lowest BCUT2D eigenvalue weighted by molar-refractivity contribution is 0.0705. The van der Waals surface area contributed by atoms with Crippen molar-refractivity contribution in [2.24, 2.45) is 0 Å². The van der Waals surface area contributed by atoms with Gasteiger partial charge < -0.3 is 4.90 Å². The van der Waals surface area contributed by atoms with Crippen LogP contribution in [0.15, 0.2) is 55.5 Å². The van der Waals surface area contributed by atoms with Gasteiger partial charge >= 0.3 is 0 Å². The molecule has 1 aliphatic rings. The first-order valence-electron chi connectivity index (χ1n) is 10.3. The molecule has 4 aromatic heterocycles. The normalized spacial score (nSPS) is 14.7. The number of aromatic nitrogens is 6. The van der Waals surface area contributed by atoms with E-state index < -0.39 is 0 Å². The van der Waals surface area contributed by atoms with Crippen LogP contribution >= 0.6 is 0 Å². The quantitative estimate of drug-likeness (QED) is 0.510. The molecule has 8 heteroatoms. The minimum atomic E-state index is -0.0588. The third-order valence-corrected chi connectivity index (χ3v) is 5.66. The largest absolute Gasteiger partial charge is 0.337 e. The molecule has 0 spiro atoms. The highest BCUT2D eigenvalue weighted by molar-refractivity contribution is 5.92. The Kier molecular flexibility index (Phi) is 5.03. The molecular weight excluding hydrogens is 390 g/mol. The van der Waals surface area contributed by atoms with E-state index in [-0.39, 0.29) is 5.91 Å². The van der Waals surface area contributed by atoms with Gasteiger partial charge in [-0.1, -0.05) is 0 Å². The van der Waals surface area contributed by atoms with Crippen LogP contribution in [-0.2, 0) is 0 Å². The fourth-order valence-electron chi connectivity index (χ4n) is 3.90. The number of hydrogen-bond donors (Lipinski definition) is 0. The van der Waals surface area contributed by atoms with Crippen LogP contribution in [-0.4, -0.2) is 53.8 Å². The summed E-state index contributed by atoms with van der Waals surface area (Å²) in [5.74, 6) is 0.248. The van der Waals surface area contributed by atoms with Gasteiger partial charge in [0.15, 0.2) is 5.65 Å². The molecule has 154 valence electrons. The Morgan fingerprint density at radius 1 is 0.935 bits per heavy atom. The summed E-state index contributed by atoms with van der Waals surface area (Å²) < 4.78 is 0. The van der Waals surface area contributed by atoms with Crippen molar-refractivity contribution in [1.82, 2.24) is 34.8 Å². The molecule has 5 heterocycles. The third kappa shape index (κ3) is 3.96. The number of aryl methyl sites for hydroxylation is 1. The van der Waals surface area contributed by atoms with Gasteiger partial charge in [0.2, 0.25) is 0 Å². The van der Waals surface area contributed by atoms with Crippen molar-refractivity contribution >= 4 is 16.9 Å². The summed E-state index contributed by atoms with van der Waals surface area (Å²) in [6, 6.07) is 6.20. The lowest BCUT2D eigenvalue weighted by Gasteiger charge is -2.31. The highest BCUT2D eigenvalue weighted by Crippen LogP contribution is 2.29. The monoisotopic (exact) mass is 411 g/mol. The van der Waals surface area contributed by atoms with Crippen molar-refractivity contribution in [2.45, 2.75) is 25.7 Å². The van der Waals surface area contributed by atoms with E-state index in [1.807, 2.05) is 18.0 Å². The number of hydrogen-bond acceptors (Lipinski definition) is 7. The van der Waals surface area contributed by atoms with Crippen molar-refractivity contribution < 1.29 is 4.79 Å². The number of fused-ring (bicyclic) bond motifs is 1. The summed E-state index contributed by atoms with van der Waals surface area (Å²) in [5.41, 5.74) is 4.85. The average molecular weight is 411 g/mol. The standard InChI is InChI=1S/C23H21N7O/c1-15-9-27-21(13-26-15)23(31)30-6-4-16(5-7-30)20-3-2-17-8-18(12-28-22(17)29-20)19-10-24-14-25-11-19/h2-3,8-14,16H,4-7H2,1H3. The van der Waals surface area contributed by atoms with Gasteiger partial charge in [0, 0.05) is 66.0 Å². The van der Waals surface area contributed by atoms with Crippen LogP contribution in [0.3, 0.4) is 0 Å². The Balaban J connectivity index is 1.29. The second-order valence-electron chi connectivity index (χ2n) is 7.74. The van der Waals surface area contributed by atoms with Crippen molar-refractivity contribution in [3.05, 3.63) is 72.6 Å². The van der Waals surface area contributed by atoms with E-state index in [0.29, 0.717) is 24.7 Å². The van der Waals surface area contributed by atoms with Crippen LogP contribution in [0.5, 0.6) is 0 Å². The summed E-state index contributed by atoms with van der Waals surface area (Å²) >= 11 is 0. The number of carbonyl (C=O) groups is 1. The van der Waals surface area contributed by atoms with Gasteiger partial charge in [0.25, 0.3) is 5.91 Å². The average Bonchev–Trinajstić information content (AvgIpc) is 2.84. The molecule has 0 aliphatic carbocycles. The molecule has 5 rings (SSSR count). The third-order valence-electron chi connectivity index (χ3n) is 5.66. The molecule has 0 aromatic carbocycles. The molecular formula is C23H21N7O. The number of amides is 1. The molecule has 31 heavy (non-hydrogen) atoms. The molecule has 8 nitrogen and oxygen atoms in total. The molecule has 0 unspecified atom stereocenters. The van der Waals surface area contributed by atoms with E-state index in [9.17, 15) is 4.79 Å². The van der Waals surface area contributed by atoms with Crippen LogP contribution in [0, 0.1) is 6.92 Å². The Morgan fingerprint density at radius 3 is 2.48 bits per heavy atom. The number of carbonyl (C=O) groups excluding carboxylic acids is 1. The number of piperidine rings is 1. The highest BCUT2D eigenvalue weighted by Gasteiger charge is 2.26. The summed E-state index contributed by atoms with van der Waals surface area (Å²) in [5, 5.41) is 0.982. The predicted molar refractivity (Wildman–Crippen MR) is 115 cm³/mol. The van der Waals surface area contributed by atoms with Gasteiger partial charge in [-0.2, -0.15) is 0 Å². The molecule has 0 saturated carbocycles. The maximum absolute atomic E-state index is 12.7. The Hall–Kier alpha value is -3.81. The van der Waals surface area contributed by atoms with E-state index in [1.165, 1.54) is 6.33 Å². The van der Waals surface area contributed by atoms with E-state index in [2.05, 4.69) is 43.1 Å². The van der Waals surface area contributed by atoms with Crippen molar-refractivity contribution in [2.75, 3.05) is 13.1 Å². The lowest BCUT2D eigenvalue weighted by atomic mass is 9.92. The summed E-state index contributed by atoms with van der Waals surface area (Å²) in [4.78, 5) is 40.4. The van der Waals surface area contributed by atoms with Crippen molar-refractivity contribution in [3.63, 3.8) is 0 Å². The zero-order valence-corrected chi connectivity index (χ0v) is 17.1. The van der Waals surface area contributed by atoms with E-state index in [1.54, 1.807) is 24.8 Å². The lowest BCUT2D eigenvalue weighted by Crippen LogP contribution is -2.38. The summed E-state index contributed by atoms with van der Waals surface area (Å²) in [6.45, 7) is 3.22. The van der Waals surface area contributed by atoms with E-state index in [4.69, 9.17) is 4.98 Å². The molecule has 0 radical (unpaired) electrons. The fourth-order valence-corrected chi connectivity index (χ4v) is 3.90. The van der Waals surface area contributed by atoms with Gasteiger partial charge in [0.1, 0.15) is 12.0 Å². The molecule has 4 aromatic rings. The molecule has 0 bridgehead atoms. The SMILES string of the molecule is Cc1cnc(C(=O)N2CCC(c3ccc4cc(-c5cncnc5)cnc4n3)CC2)cn1. The van der Waals surface area contributed by atoms with Crippen LogP contribution in [0.2, 0.25) is 0 Å². The molecule has 1 amide bonds. The fraction of sp³-hybridized carbons (Fsp3) is 0.261. The first-order chi connectivity index (χ1) is 15.2. The molecule has 1 aliphatic heterocycles. The van der Waals surface area contributed by atoms with Crippen LogP contribution < -0.4 is 0 Å². The van der Waals surface area contributed by atoms with Gasteiger partial charge in [0.05, 0.1) is 11.9 Å². The minimum Gasteiger partial charge on any atom is -0.337 e. The molecule has 0 N–H and O–H groups in total. The maximum atomic E-state index is 12.7. The highest BCUT2D eigenvalue weighted by atomic mass is 16.2. The van der Waals surface area contributed by atoms with Crippen LogP contribution in [0.1, 0.15) is 40.6 Å². The first kappa shape index (κ1) is 19.2. The first-order valence-corrected chi connectivity index (χ1v) is 10.3. The zero-order valence-electron chi connectivity index (χ0n) is 17.1. The number of rotatable bonds is 3. The van der Waals surface area contributed by atoms with Gasteiger partial charge in [-0.05, 0) is 38.0 Å². The smallest absolute Gasteiger partial charge is 0.274 e. The Morgan fingerprint density at radius 2 is 1.74 bits per heavy atom. The molecule has 0 atom stereocenters. The van der Waals surface area contributed by atoms with Gasteiger partial charge in [-0.15, -0.1) is 0 Å². The van der Waals surface area contributed by atoms with E-state index >= 15 is 0 Å². The minimum absolute atomic E-state index is 0.0588. The zero-order chi connectivity index (χ0) is 21.2. The maximum Gasteiger partial charge on any atom is 0.274 e. The second-order valence-corrected chi connectivity index (χ2v) is 7.74. The molecule has 1 saturated heterocycles. The van der Waals surface area contributed by atoms with Crippen molar-refractivity contribution in [1.29, 1.82) is 0 Å². The predicted octanol–water partition coefficient (Wildman–Crippen LogP) is 3.21.